The van der Waals surface area contributed by atoms with Crippen LogP contribution >= 0.6 is 0 Å². The average molecular weight is 402 g/mol. The SMILES string of the molecule is Cn1c(O)c(C2NCC(c3ccccc3)c3c2[nH]c2ccccc32)c(=O)n(C)c1=O. The molecular weight excluding hydrogens is 380 g/mol. The lowest BCUT2D eigenvalue weighted by Gasteiger charge is -2.31. The van der Waals surface area contributed by atoms with Crippen molar-refractivity contribution in [2.24, 2.45) is 14.1 Å². The van der Waals surface area contributed by atoms with E-state index in [1.54, 1.807) is 0 Å². The molecule has 30 heavy (non-hydrogen) atoms. The van der Waals surface area contributed by atoms with Crippen LogP contribution in [0.5, 0.6) is 5.88 Å². The zero-order valence-electron chi connectivity index (χ0n) is 16.7. The second kappa shape index (κ2) is 6.74. The van der Waals surface area contributed by atoms with Crippen molar-refractivity contribution in [2.45, 2.75) is 12.0 Å². The number of nitrogens with one attached hydrogen (secondary N) is 2. The number of rotatable bonds is 2. The minimum absolute atomic E-state index is 0.0899. The Kier molecular flexibility index (Phi) is 4.15. The summed E-state index contributed by atoms with van der Waals surface area (Å²) in [5.41, 5.74) is 3.19. The Hall–Kier alpha value is -3.58. The Balaban J connectivity index is 1.79. The van der Waals surface area contributed by atoms with E-state index in [9.17, 15) is 14.7 Å². The summed E-state index contributed by atoms with van der Waals surface area (Å²) >= 11 is 0. The molecule has 7 nitrogen and oxygen atoms in total. The quantitative estimate of drug-likeness (QED) is 0.479. The molecule has 0 bridgehead atoms. The third-order valence-corrected chi connectivity index (χ3v) is 6.10. The van der Waals surface area contributed by atoms with E-state index in [2.05, 4.69) is 28.5 Å². The molecule has 0 fully saturated rings. The maximum Gasteiger partial charge on any atom is 0.333 e. The summed E-state index contributed by atoms with van der Waals surface area (Å²) in [5.74, 6) is -0.226. The van der Waals surface area contributed by atoms with Crippen molar-refractivity contribution >= 4 is 10.9 Å². The number of H-pyrrole nitrogens is 1. The van der Waals surface area contributed by atoms with Gasteiger partial charge in [0.1, 0.15) is 5.56 Å². The topological polar surface area (TPSA) is 92.0 Å². The zero-order valence-corrected chi connectivity index (χ0v) is 16.7. The van der Waals surface area contributed by atoms with Crippen molar-refractivity contribution in [1.29, 1.82) is 0 Å². The number of aromatic hydroxyl groups is 1. The van der Waals surface area contributed by atoms with Crippen LogP contribution in [0.15, 0.2) is 64.2 Å². The number of benzene rings is 2. The van der Waals surface area contributed by atoms with Crippen LogP contribution in [0.25, 0.3) is 10.9 Å². The van der Waals surface area contributed by atoms with Crippen LogP contribution in [0, 0.1) is 0 Å². The molecule has 0 spiro atoms. The maximum absolute atomic E-state index is 13.0. The summed E-state index contributed by atoms with van der Waals surface area (Å²) in [6.07, 6.45) is 0. The highest BCUT2D eigenvalue weighted by Crippen LogP contribution is 2.41. The smallest absolute Gasteiger partial charge is 0.333 e. The van der Waals surface area contributed by atoms with Crippen molar-refractivity contribution in [3.63, 3.8) is 0 Å². The fraction of sp³-hybridized carbons (Fsp3) is 0.217. The first kappa shape index (κ1) is 18.4. The lowest BCUT2D eigenvalue weighted by Crippen LogP contribution is -2.43. The first-order valence-electron chi connectivity index (χ1n) is 9.86. The van der Waals surface area contributed by atoms with E-state index in [0.29, 0.717) is 6.54 Å². The van der Waals surface area contributed by atoms with Gasteiger partial charge in [-0.05, 0) is 17.2 Å². The van der Waals surface area contributed by atoms with E-state index in [-0.39, 0.29) is 17.4 Å². The molecule has 0 radical (unpaired) electrons. The highest BCUT2D eigenvalue weighted by Gasteiger charge is 2.35. The number of para-hydroxylation sites is 1. The fourth-order valence-electron chi connectivity index (χ4n) is 4.56. The molecule has 0 saturated heterocycles. The molecule has 0 aliphatic carbocycles. The van der Waals surface area contributed by atoms with E-state index < -0.39 is 17.3 Å². The number of aromatic amines is 1. The summed E-state index contributed by atoms with van der Waals surface area (Å²) in [4.78, 5) is 28.6. The lowest BCUT2D eigenvalue weighted by molar-refractivity contribution is 0.389. The van der Waals surface area contributed by atoms with Crippen LogP contribution in [0.3, 0.4) is 0 Å². The Morgan fingerprint density at radius 1 is 0.933 bits per heavy atom. The van der Waals surface area contributed by atoms with Gasteiger partial charge in [0.2, 0.25) is 5.88 Å². The van der Waals surface area contributed by atoms with Crippen LogP contribution in [-0.4, -0.2) is 25.8 Å². The van der Waals surface area contributed by atoms with Gasteiger partial charge in [-0.25, -0.2) is 4.79 Å². The molecule has 3 N–H and O–H groups in total. The van der Waals surface area contributed by atoms with Gasteiger partial charge in [-0.15, -0.1) is 0 Å². The largest absolute Gasteiger partial charge is 0.494 e. The van der Waals surface area contributed by atoms with Crippen molar-refractivity contribution in [1.82, 2.24) is 19.4 Å². The monoisotopic (exact) mass is 402 g/mol. The predicted molar refractivity (Wildman–Crippen MR) is 115 cm³/mol. The van der Waals surface area contributed by atoms with Crippen molar-refractivity contribution in [3.05, 3.63) is 97.8 Å². The molecule has 2 aromatic heterocycles. The normalized spacial score (nSPS) is 18.5. The van der Waals surface area contributed by atoms with Crippen molar-refractivity contribution in [2.75, 3.05) is 6.54 Å². The minimum atomic E-state index is -0.559. The number of hydrogen-bond acceptors (Lipinski definition) is 4. The van der Waals surface area contributed by atoms with E-state index >= 15 is 0 Å². The van der Waals surface area contributed by atoms with Gasteiger partial charge in [-0.2, -0.15) is 0 Å². The summed E-state index contributed by atoms with van der Waals surface area (Å²) in [5, 5.41) is 15.2. The summed E-state index contributed by atoms with van der Waals surface area (Å²) in [7, 11) is 2.89. The Morgan fingerprint density at radius 3 is 2.40 bits per heavy atom. The Morgan fingerprint density at radius 2 is 1.63 bits per heavy atom. The lowest BCUT2D eigenvalue weighted by atomic mass is 9.83. The molecule has 1 aliphatic rings. The Labute approximate surface area is 172 Å². The van der Waals surface area contributed by atoms with Gasteiger partial charge in [-0.3, -0.25) is 13.9 Å². The molecule has 7 heteroatoms. The molecule has 3 heterocycles. The van der Waals surface area contributed by atoms with Gasteiger partial charge in [0, 0.05) is 43.2 Å². The molecule has 4 aromatic rings. The first-order valence-corrected chi connectivity index (χ1v) is 9.86. The van der Waals surface area contributed by atoms with Crippen LogP contribution in [-0.2, 0) is 14.1 Å². The van der Waals surface area contributed by atoms with Crippen molar-refractivity contribution in [3.8, 4) is 5.88 Å². The third kappa shape index (κ3) is 2.55. The predicted octanol–water partition coefficient (Wildman–Crippen LogP) is 2.10. The summed E-state index contributed by atoms with van der Waals surface area (Å²) in [6, 6.07) is 17.7. The third-order valence-electron chi connectivity index (χ3n) is 6.10. The second-order valence-electron chi connectivity index (χ2n) is 7.75. The molecule has 152 valence electrons. The van der Waals surface area contributed by atoms with Gasteiger partial charge < -0.3 is 15.4 Å². The maximum atomic E-state index is 13.0. The molecule has 2 unspecified atom stereocenters. The molecule has 2 atom stereocenters. The van der Waals surface area contributed by atoms with E-state index in [0.717, 1.165) is 31.3 Å². The van der Waals surface area contributed by atoms with Gasteiger partial charge >= 0.3 is 5.69 Å². The van der Waals surface area contributed by atoms with E-state index in [1.165, 1.54) is 19.7 Å². The highest BCUT2D eigenvalue weighted by molar-refractivity contribution is 5.86. The fourth-order valence-corrected chi connectivity index (χ4v) is 4.56. The molecule has 0 saturated carbocycles. The van der Waals surface area contributed by atoms with Gasteiger partial charge in [-0.1, -0.05) is 48.5 Å². The Bertz CT molecular complexity index is 1380. The minimum Gasteiger partial charge on any atom is -0.494 e. The van der Waals surface area contributed by atoms with Gasteiger partial charge in [0.15, 0.2) is 0 Å². The van der Waals surface area contributed by atoms with Crippen LogP contribution in [0.2, 0.25) is 0 Å². The number of aromatic nitrogens is 3. The van der Waals surface area contributed by atoms with Crippen LogP contribution in [0.4, 0.5) is 0 Å². The summed E-state index contributed by atoms with van der Waals surface area (Å²) < 4.78 is 2.13. The molecule has 1 aliphatic heterocycles. The summed E-state index contributed by atoms with van der Waals surface area (Å²) in [6.45, 7) is 0.592. The van der Waals surface area contributed by atoms with Crippen molar-refractivity contribution < 1.29 is 5.11 Å². The van der Waals surface area contributed by atoms with Crippen LogP contribution in [0.1, 0.15) is 34.3 Å². The molecule has 5 rings (SSSR count). The first-order chi connectivity index (χ1) is 14.5. The van der Waals surface area contributed by atoms with E-state index in [4.69, 9.17) is 0 Å². The van der Waals surface area contributed by atoms with E-state index in [1.807, 2.05) is 36.4 Å². The molecule has 0 amide bonds. The van der Waals surface area contributed by atoms with Gasteiger partial charge in [0.25, 0.3) is 5.56 Å². The second-order valence-corrected chi connectivity index (χ2v) is 7.75. The number of fused-ring (bicyclic) bond motifs is 3. The standard InChI is InChI=1S/C23H22N4O3/c1-26-21(28)18(22(29)27(2)23(26)30)19-20-17(14-10-6-7-11-16(14)25-20)15(12-24-19)13-8-4-3-5-9-13/h3-11,15,19,24-25,28H,12H2,1-2H3. The van der Waals surface area contributed by atoms with Crippen LogP contribution < -0.4 is 16.6 Å². The average Bonchev–Trinajstić information content (AvgIpc) is 3.17. The molecule has 2 aromatic carbocycles. The van der Waals surface area contributed by atoms with Gasteiger partial charge in [0.05, 0.1) is 6.04 Å². The zero-order chi connectivity index (χ0) is 21.0. The molecular formula is C23H22N4O3. The highest BCUT2D eigenvalue weighted by atomic mass is 16.3. The number of nitrogens with zero attached hydrogens (tertiary/aromatic N) is 2. The number of hydrogen-bond donors (Lipinski definition) is 3.